The molecule has 0 bridgehead atoms. The van der Waals surface area contributed by atoms with Crippen molar-refractivity contribution in [1.29, 1.82) is 0 Å². The van der Waals surface area contributed by atoms with Gasteiger partial charge in [0.15, 0.2) is 0 Å². The molecule has 4 nitrogen and oxygen atoms in total. The van der Waals surface area contributed by atoms with Crippen LogP contribution in [0.3, 0.4) is 0 Å². The highest BCUT2D eigenvalue weighted by Crippen LogP contribution is 2.17. The summed E-state index contributed by atoms with van der Waals surface area (Å²) in [5, 5.41) is 0. The fraction of sp³-hybridized carbons (Fsp3) is 0.545. The van der Waals surface area contributed by atoms with E-state index >= 15 is 0 Å². The molecule has 0 saturated heterocycles. The lowest BCUT2D eigenvalue weighted by Gasteiger charge is -2.27. The topological polar surface area (TPSA) is 51.4 Å². The molecule has 0 amide bonds. The van der Waals surface area contributed by atoms with Gasteiger partial charge in [-0.15, -0.1) is 0 Å². The van der Waals surface area contributed by atoms with E-state index < -0.39 is 0 Å². The summed E-state index contributed by atoms with van der Waals surface area (Å²) >= 11 is 0. The van der Waals surface area contributed by atoms with Crippen molar-refractivity contribution in [2.24, 2.45) is 0 Å². The second-order valence-electron chi connectivity index (χ2n) is 3.86. The minimum Gasteiger partial charge on any atom is -0.384 e. The molecule has 15 heavy (non-hydrogen) atoms. The zero-order valence-electron chi connectivity index (χ0n) is 9.07. The van der Waals surface area contributed by atoms with Crippen LogP contribution in [-0.4, -0.2) is 36.7 Å². The predicted octanol–water partition coefficient (Wildman–Crippen LogP) is 0.668. The Morgan fingerprint density at radius 1 is 1.53 bits per heavy atom. The molecule has 0 saturated carbocycles. The number of ether oxygens (including phenoxy) is 1. The molecule has 0 fully saturated rings. The predicted molar refractivity (Wildman–Crippen MR) is 59.5 cm³/mol. The summed E-state index contributed by atoms with van der Waals surface area (Å²) in [6.45, 7) is 3.79. The van der Waals surface area contributed by atoms with E-state index in [1.54, 1.807) is 7.11 Å². The maximum absolute atomic E-state index is 5.65. The van der Waals surface area contributed by atoms with E-state index in [1.165, 1.54) is 5.56 Å². The number of nitrogens with two attached hydrogens (primary N) is 1. The Labute approximate surface area is 90.0 Å². The smallest absolute Gasteiger partial charge is 0.123 e. The lowest BCUT2D eigenvalue weighted by atomic mass is 10.1. The first-order chi connectivity index (χ1) is 7.29. The standard InChI is InChI=1S/C11H17N3O/c1-15-7-6-14-5-4-10-9(8-14)2-3-11(12)13-10/h2-3H,4-8H2,1H3,(H2,12,13). The lowest BCUT2D eigenvalue weighted by Crippen LogP contribution is -2.33. The highest BCUT2D eigenvalue weighted by Gasteiger charge is 2.16. The number of fused-ring (bicyclic) bond motifs is 1. The molecular formula is C11H17N3O. The molecule has 1 aliphatic rings. The number of hydrogen-bond donors (Lipinski definition) is 1. The molecule has 2 rings (SSSR count). The van der Waals surface area contributed by atoms with E-state index in [-0.39, 0.29) is 0 Å². The van der Waals surface area contributed by atoms with Gasteiger partial charge in [0.1, 0.15) is 5.82 Å². The molecule has 2 heterocycles. The molecule has 1 aromatic heterocycles. The van der Waals surface area contributed by atoms with Crippen molar-refractivity contribution in [3.05, 3.63) is 23.4 Å². The number of pyridine rings is 1. The molecule has 0 radical (unpaired) electrons. The zero-order chi connectivity index (χ0) is 10.7. The number of methoxy groups -OCH3 is 1. The van der Waals surface area contributed by atoms with Gasteiger partial charge in [-0.25, -0.2) is 4.98 Å². The van der Waals surface area contributed by atoms with Gasteiger partial charge in [-0.1, -0.05) is 6.07 Å². The number of nitrogen functional groups attached to an aromatic ring is 1. The summed E-state index contributed by atoms with van der Waals surface area (Å²) < 4.78 is 5.07. The molecule has 0 spiro atoms. The van der Waals surface area contributed by atoms with Crippen molar-refractivity contribution in [2.45, 2.75) is 13.0 Å². The van der Waals surface area contributed by atoms with E-state index in [0.717, 1.165) is 38.4 Å². The van der Waals surface area contributed by atoms with E-state index in [0.29, 0.717) is 5.82 Å². The number of hydrogen-bond acceptors (Lipinski definition) is 4. The molecular weight excluding hydrogens is 190 g/mol. The second-order valence-corrected chi connectivity index (χ2v) is 3.86. The van der Waals surface area contributed by atoms with E-state index in [9.17, 15) is 0 Å². The molecule has 0 aromatic carbocycles. The van der Waals surface area contributed by atoms with Crippen molar-refractivity contribution >= 4 is 5.82 Å². The summed E-state index contributed by atoms with van der Waals surface area (Å²) in [7, 11) is 1.74. The van der Waals surface area contributed by atoms with Crippen LogP contribution in [0, 0.1) is 0 Å². The Hall–Kier alpha value is -1.13. The van der Waals surface area contributed by atoms with Gasteiger partial charge >= 0.3 is 0 Å². The average Bonchev–Trinajstić information content (AvgIpc) is 2.26. The molecule has 0 unspecified atom stereocenters. The van der Waals surface area contributed by atoms with Crippen molar-refractivity contribution < 1.29 is 4.74 Å². The zero-order valence-corrected chi connectivity index (χ0v) is 9.07. The fourth-order valence-corrected chi connectivity index (χ4v) is 1.90. The van der Waals surface area contributed by atoms with Crippen LogP contribution in [0.4, 0.5) is 5.82 Å². The Morgan fingerprint density at radius 3 is 3.20 bits per heavy atom. The van der Waals surface area contributed by atoms with Crippen LogP contribution in [0.15, 0.2) is 12.1 Å². The van der Waals surface area contributed by atoms with E-state index in [2.05, 4.69) is 16.0 Å². The van der Waals surface area contributed by atoms with Crippen LogP contribution < -0.4 is 5.73 Å². The van der Waals surface area contributed by atoms with Gasteiger partial charge < -0.3 is 10.5 Å². The lowest BCUT2D eigenvalue weighted by molar-refractivity contribution is 0.140. The van der Waals surface area contributed by atoms with Gasteiger partial charge in [0.05, 0.1) is 6.61 Å². The normalized spacial score (nSPS) is 16.3. The van der Waals surface area contributed by atoms with Crippen molar-refractivity contribution in [3.63, 3.8) is 0 Å². The van der Waals surface area contributed by atoms with Crippen LogP contribution in [-0.2, 0) is 17.7 Å². The molecule has 4 heteroatoms. The SMILES string of the molecule is COCCN1CCc2nc(N)ccc2C1. The molecule has 2 N–H and O–H groups in total. The van der Waals surface area contributed by atoms with Gasteiger partial charge in [0.25, 0.3) is 0 Å². The highest BCUT2D eigenvalue weighted by atomic mass is 16.5. The number of aromatic nitrogens is 1. The van der Waals surface area contributed by atoms with Crippen molar-refractivity contribution in [1.82, 2.24) is 9.88 Å². The minimum absolute atomic E-state index is 0.624. The van der Waals surface area contributed by atoms with Gasteiger partial charge in [0, 0.05) is 38.9 Å². The summed E-state index contributed by atoms with van der Waals surface area (Å²) in [6, 6.07) is 3.95. The Bertz CT molecular complexity index is 341. The van der Waals surface area contributed by atoms with Gasteiger partial charge in [-0.3, -0.25) is 4.90 Å². The highest BCUT2D eigenvalue weighted by molar-refractivity contribution is 5.35. The molecule has 1 aliphatic heterocycles. The van der Waals surface area contributed by atoms with Crippen molar-refractivity contribution in [2.75, 3.05) is 32.5 Å². The number of nitrogens with zero attached hydrogens (tertiary/aromatic N) is 2. The Balaban J connectivity index is 2.03. The average molecular weight is 207 g/mol. The van der Waals surface area contributed by atoms with E-state index in [1.807, 2.05) is 6.07 Å². The number of anilines is 1. The summed E-state index contributed by atoms with van der Waals surface area (Å²) in [5.41, 5.74) is 8.11. The summed E-state index contributed by atoms with van der Waals surface area (Å²) in [5.74, 6) is 0.624. The largest absolute Gasteiger partial charge is 0.384 e. The van der Waals surface area contributed by atoms with Crippen LogP contribution in [0.25, 0.3) is 0 Å². The quantitative estimate of drug-likeness (QED) is 0.791. The summed E-state index contributed by atoms with van der Waals surface area (Å²) in [4.78, 5) is 6.73. The van der Waals surface area contributed by atoms with Crippen LogP contribution in [0.2, 0.25) is 0 Å². The first-order valence-corrected chi connectivity index (χ1v) is 5.25. The summed E-state index contributed by atoms with van der Waals surface area (Å²) in [6.07, 6.45) is 0.990. The minimum atomic E-state index is 0.624. The third kappa shape index (κ3) is 2.46. The van der Waals surface area contributed by atoms with Crippen LogP contribution in [0.5, 0.6) is 0 Å². The molecule has 0 atom stereocenters. The number of rotatable bonds is 3. The fourth-order valence-electron chi connectivity index (χ4n) is 1.90. The Kier molecular flexibility index (Phi) is 3.18. The van der Waals surface area contributed by atoms with Crippen LogP contribution >= 0.6 is 0 Å². The van der Waals surface area contributed by atoms with E-state index in [4.69, 9.17) is 10.5 Å². The van der Waals surface area contributed by atoms with Gasteiger partial charge in [-0.05, 0) is 11.6 Å². The maximum Gasteiger partial charge on any atom is 0.123 e. The second kappa shape index (κ2) is 4.59. The maximum atomic E-state index is 5.65. The monoisotopic (exact) mass is 207 g/mol. The van der Waals surface area contributed by atoms with Gasteiger partial charge in [-0.2, -0.15) is 0 Å². The third-order valence-corrected chi connectivity index (χ3v) is 2.76. The third-order valence-electron chi connectivity index (χ3n) is 2.76. The van der Waals surface area contributed by atoms with Gasteiger partial charge in [0.2, 0.25) is 0 Å². The van der Waals surface area contributed by atoms with Crippen LogP contribution in [0.1, 0.15) is 11.3 Å². The molecule has 1 aromatic rings. The van der Waals surface area contributed by atoms with Crippen molar-refractivity contribution in [3.8, 4) is 0 Å². The Morgan fingerprint density at radius 2 is 2.40 bits per heavy atom. The first-order valence-electron chi connectivity index (χ1n) is 5.25. The molecule has 82 valence electrons. The molecule has 0 aliphatic carbocycles. The first kappa shape index (κ1) is 10.4.